The third-order valence-corrected chi connectivity index (χ3v) is 3.35. The van der Waals surface area contributed by atoms with Crippen molar-refractivity contribution in [1.82, 2.24) is 0 Å². The summed E-state index contributed by atoms with van der Waals surface area (Å²) in [6, 6.07) is 0. The van der Waals surface area contributed by atoms with E-state index in [1.165, 1.54) is 26.3 Å². The van der Waals surface area contributed by atoms with Gasteiger partial charge in [0.15, 0.2) is 0 Å². The molecule has 2 radical (unpaired) electrons. The van der Waals surface area contributed by atoms with E-state index in [1.54, 1.807) is 0 Å². The van der Waals surface area contributed by atoms with Crippen molar-refractivity contribution in [2.75, 3.05) is 10.0 Å². The van der Waals surface area contributed by atoms with Crippen LogP contribution in [0.5, 0.6) is 0 Å². The van der Waals surface area contributed by atoms with Crippen LogP contribution in [0.4, 0.5) is 0 Å². The molecule has 24 valence electrons. The Morgan fingerprint density at radius 2 is 2.25 bits per heavy atom. The zero-order valence-electron chi connectivity index (χ0n) is 2.69. The van der Waals surface area contributed by atoms with E-state index in [0.717, 1.165) is 0 Å². The number of thioether (sulfide) groups is 1. The van der Waals surface area contributed by atoms with Gasteiger partial charge in [-0.15, -0.1) is 0 Å². The Bertz CT molecular complexity index is 8.00. The first-order valence-corrected chi connectivity index (χ1v) is 4.83. The van der Waals surface area contributed by atoms with Crippen LogP contribution in [-0.2, 0) is 0 Å². The van der Waals surface area contributed by atoms with Gasteiger partial charge in [0.05, 0.1) is 0 Å². The maximum atomic E-state index is 2.13. The van der Waals surface area contributed by atoms with Crippen LogP contribution in [0.25, 0.3) is 0 Å². The quantitative estimate of drug-likeness (QED) is 0.521. The first kappa shape index (κ1) is 5.15. The fourth-order valence-corrected chi connectivity index (χ4v) is 0. The van der Waals surface area contributed by atoms with Gasteiger partial charge < -0.3 is 0 Å². The van der Waals surface area contributed by atoms with Crippen LogP contribution < -0.4 is 0 Å². The molecule has 0 aromatic rings. The summed E-state index contributed by atoms with van der Waals surface area (Å²) in [5, 5.41) is 0. The Hall–Kier alpha value is 1.15. The first-order chi connectivity index (χ1) is 1.91. The van der Waals surface area contributed by atoms with Crippen molar-refractivity contribution in [3.8, 4) is 0 Å². The fourth-order valence-electron chi connectivity index (χ4n) is 0. The minimum atomic E-state index is 1.37. The van der Waals surface area contributed by atoms with Crippen molar-refractivity contribution in [2.24, 2.45) is 0 Å². The normalized spacial score (nSPS) is 7.50. The Labute approximate surface area is 44.4 Å². The summed E-state index contributed by atoms with van der Waals surface area (Å²) in [7, 11) is 0. The minimum absolute atomic E-state index is 1.37. The van der Waals surface area contributed by atoms with Gasteiger partial charge in [0.1, 0.15) is 0 Å². The second-order valence-corrected chi connectivity index (χ2v) is 4.22. The van der Waals surface area contributed by atoms with Crippen LogP contribution in [-0.4, -0.2) is 32.5 Å². The summed E-state index contributed by atoms with van der Waals surface area (Å²) in [5.41, 5.74) is 0. The molecule has 0 atom stereocenters. The summed E-state index contributed by atoms with van der Waals surface area (Å²) in [5.74, 6) is 0. The molecule has 4 heavy (non-hydrogen) atoms. The van der Waals surface area contributed by atoms with E-state index in [2.05, 4.69) is 6.26 Å². The molecule has 0 saturated carbocycles. The zero-order chi connectivity index (χ0) is 3.41. The number of rotatable bonds is 1. The summed E-state index contributed by atoms with van der Waals surface area (Å²) in [4.78, 5) is 0. The van der Waals surface area contributed by atoms with Gasteiger partial charge in [0, 0.05) is 0 Å². The molecule has 0 nitrogen and oxygen atoms in total. The number of hydrogen-bond acceptors (Lipinski definition) is 1. The van der Waals surface area contributed by atoms with Crippen LogP contribution >= 0.6 is 11.8 Å². The van der Waals surface area contributed by atoms with Crippen molar-refractivity contribution in [2.45, 2.75) is 0 Å². The molecule has 0 rings (SSSR count). The van der Waals surface area contributed by atoms with E-state index in [0.29, 0.717) is 0 Å². The molecule has 0 N–H and O–H groups in total. The van der Waals surface area contributed by atoms with Crippen LogP contribution in [0.15, 0.2) is 0 Å². The van der Waals surface area contributed by atoms with Crippen LogP contribution in [0.2, 0.25) is 0 Å². The van der Waals surface area contributed by atoms with E-state index < -0.39 is 0 Å². The van der Waals surface area contributed by atoms with Crippen LogP contribution in [0.1, 0.15) is 0 Å². The Morgan fingerprint density at radius 1 is 2.00 bits per heavy atom. The van der Waals surface area contributed by atoms with E-state index >= 15 is 0 Å². The Balaban J connectivity index is 1.97. The van der Waals surface area contributed by atoms with Crippen molar-refractivity contribution in [1.29, 1.82) is 0 Å². The predicted octanol–water partition coefficient (Wildman–Crippen LogP) is 0.208. The zero-order valence-corrected chi connectivity index (χ0v) is 6.80. The monoisotopic (exact) mass is 182 g/mol. The van der Waals surface area contributed by atoms with Crippen molar-refractivity contribution >= 4 is 34.3 Å². The van der Waals surface area contributed by atoms with E-state index in [-0.39, 0.29) is 0 Å². The predicted molar refractivity (Wildman–Crippen MR) is 25.5 cm³/mol. The van der Waals surface area contributed by atoms with Crippen molar-refractivity contribution < 1.29 is 0 Å². The molecular weight excluding hydrogens is 175 g/mol. The van der Waals surface area contributed by atoms with Gasteiger partial charge in [0.25, 0.3) is 0 Å². The molecule has 0 bridgehead atoms. The van der Waals surface area contributed by atoms with Gasteiger partial charge in [-0.1, -0.05) is 0 Å². The second-order valence-electron chi connectivity index (χ2n) is 0.455. The van der Waals surface area contributed by atoms with Gasteiger partial charge in [-0.2, -0.15) is 0 Å². The molecule has 0 heterocycles. The maximum absolute atomic E-state index is 2.13. The fraction of sp³-hybridized carbons (Fsp3) is 1.00. The Morgan fingerprint density at radius 3 is 2.25 bits per heavy atom. The van der Waals surface area contributed by atoms with Gasteiger partial charge >= 0.3 is 44.3 Å². The molecule has 0 amide bonds. The van der Waals surface area contributed by atoms with Crippen molar-refractivity contribution in [3.63, 3.8) is 0 Å². The molecule has 0 aromatic heterocycles. The molecule has 0 aliphatic carbocycles. The Kier molecular flexibility index (Phi) is 5.34. The first-order valence-electron chi connectivity index (χ1n) is 1.11. The van der Waals surface area contributed by atoms with Crippen LogP contribution in [0.3, 0.4) is 0 Å². The molecular formula is C2H6SSn. The summed E-state index contributed by atoms with van der Waals surface area (Å²) < 4.78 is 1.37. The average molecular weight is 181 g/mol. The second kappa shape index (κ2) is 4.15. The molecule has 0 aliphatic rings. The number of hydrogen-bond donors (Lipinski definition) is 0. The van der Waals surface area contributed by atoms with E-state index in [9.17, 15) is 0 Å². The van der Waals surface area contributed by atoms with Crippen LogP contribution in [0, 0.1) is 0 Å². The summed E-state index contributed by atoms with van der Waals surface area (Å²) in [6.45, 7) is 0. The SMILES string of the molecule is CS[CH2][SnH]. The van der Waals surface area contributed by atoms with E-state index in [1.807, 2.05) is 11.8 Å². The molecule has 0 saturated heterocycles. The summed E-state index contributed by atoms with van der Waals surface area (Å²) >= 11 is 3.32. The standard InChI is InChI=1S/C2H5S.Sn.H/c1-3-2;;/h1H2,2H3;;. The third-order valence-electron chi connectivity index (χ3n) is 0.167. The topological polar surface area (TPSA) is 0 Å². The van der Waals surface area contributed by atoms with Crippen molar-refractivity contribution in [3.05, 3.63) is 0 Å². The third kappa shape index (κ3) is 3.15. The molecule has 0 aromatic carbocycles. The molecule has 0 aliphatic heterocycles. The molecule has 2 heteroatoms. The van der Waals surface area contributed by atoms with Gasteiger partial charge in [-0.05, 0) is 0 Å². The van der Waals surface area contributed by atoms with Gasteiger partial charge in [-0.25, -0.2) is 0 Å². The summed E-state index contributed by atoms with van der Waals surface area (Å²) in [6.07, 6.45) is 2.13. The molecule has 0 unspecified atom stereocenters. The van der Waals surface area contributed by atoms with E-state index in [4.69, 9.17) is 0 Å². The van der Waals surface area contributed by atoms with Gasteiger partial charge in [-0.3, -0.25) is 0 Å². The molecule has 0 fully saturated rings. The molecule has 0 spiro atoms. The average Bonchev–Trinajstić information content (AvgIpc) is 1.37. The van der Waals surface area contributed by atoms with Gasteiger partial charge in [0.2, 0.25) is 0 Å².